The predicted octanol–water partition coefficient (Wildman–Crippen LogP) is 4.38. The fraction of sp³-hybridized carbons (Fsp3) is 0.429. The number of benzene rings is 1. The summed E-state index contributed by atoms with van der Waals surface area (Å²) in [5.41, 5.74) is 4.00. The van der Waals surface area contributed by atoms with Gasteiger partial charge in [0.15, 0.2) is 6.10 Å². The van der Waals surface area contributed by atoms with Crippen LogP contribution in [0.25, 0.3) is 0 Å². The van der Waals surface area contributed by atoms with Crippen LogP contribution in [-0.4, -0.2) is 81.7 Å². The summed E-state index contributed by atoms with van der Waals surface area (Å²) in [4.78, 5) is 56.6. The van der Waals surface area contributed by atoms with Gasteiger partial charge in [0, 0.05) is 62.8 Å². The molecule has 1 saturated carbocycles. The molecule has 2 N–H and O–H groups in total. The highest BCUT2D eigenvalue weighted by molar-refractivity contribution is 6.07. The van der Waals surface area contributed by atoms with Gasteiger partial charge in [-0.15, -0.1) is 0 Å². The molecule has 0 bridgehead atoms. The summed E-state index contributed by atoms with van der Waals surface area (Å²) in [5.74, 6) is 1.09. The fourth-order valence-corrected chi connectivity index (χ4v) is 5.86. The van der Waals surface area contributed by atoms with Crippen molar-refractivity contribution in [2.75, 3.05) is 38.5 Å². The molecule has 3 heterocycles. The van der Waals surface area contributed by atoms with E-state index in [0.29, 0.717) is 67.0 Å². The van der Waals surface area contributed by atoms with Crippen LogP contribution >= 0.6 is 0 Å². The van der Waals surface area contributed by atoms with Crippen LogP contribution in [0, 0.1) is 13.8 Å². The van der Waals surface area contributed by atoms with Gasteiger partial charge in [0.25, 0.3) is 11.8 Å². The van der Waals surface area contributed by atoms with Crippen LogP contribution in [0.3, 0.4) is 0 Å². The summed E-state index contributed by atoms with van der Waals surface area (Å²) >= 11 is 0. The van der Waals surface area contributed by atoms with E-state index in [9.17, 15) is 14.4 Å². The lowest BCUT2D eigenvalue weighted by atomic mass is 10.0. The maximum atomic E-state index is 13.5. The average molecular weight is 626 g/mol. The van der Waals surface area contributed by atoms with Crippen molar-refractivity contribution in [2.45, 2.75) is 65.0 Å². The molecule has 1 aliphatic carbocycles. The number of hydrogen-bond acceptors (Lipinski definition) is 8. The summed E-state index contributed by atoms with van der Waals surface area (Å²) in [5, 5.41) is 5.60. The van der Waals surface area contributed by atoms with E-state index in [0.717, 1.165) is 11.3 Å². The van der Waals surface area contributed by atoms with Crippen LogP contribution in [0.4, 0.5) is 5.82 Å². The summed E-state index contributed by atoms with van der Waals surface area (Å²) in [6, 6.07) is 7.42. The van der Waals surface area contributed by atoms with Crippen LogP contribution in [0.2, 0.25) is 0 Å². The van der Waals surface area contributed by atoms with Crippen molar-refractivity contribution in [3.63, 3.8) is 0 Å². The van der Waals surface area contributed by atoms with Crippen LogP contribution in [0.1, 0.15) is 87.6 Å². The van der Waals surface area contributed by atoms with Gasteiger partial charge in [0.05, 0.1) is 11.3 Å². The first kappa shape index (κ1) is 32.7. The molecule has 0 unspecified atom stereocenters. The number of rotatable bonds is 11. The third-order valence-electron chi connectivity index (χ3n) is 8.69. The zero-order valence-corrected chi connectivity index (χ0v) is 27.3. The van der Waals surface area contributed by atoms with Gasteiger partial charge in [-0.05, 0) is 81.4 Å². The molecule has 242 valence electrons. The molecule has 0 spiro atoms. The molecule has 46 heavy (non-hydrogen) atoms. The summed E-state index contributed by atoms with van der Waals surface area (Å²) in [7, 11) is 1.55. The van der Waals surface area contributed by atoms with Crippen LogP contribution in [0.15, 0.2) is 49.3 Å². The minimum atomic E-state index is -0.513. The molecule has 2 aliphatic rings. The Morgan fingerprint density at radius 3 is 2.50 bits per heavy atom. The summed E-state index contributed by atoms with van der Waals surface area (Å²) in [6.45, 7) is 13.6. The lowest BCUT2D eigenvalue weighted by Crippen LogP contribution is -2.54. The highest BCUT2D eigenvalue weighted by Crippen LogP contribution is 2.40. The van der Waals surface area contributed by atoms with Crippen molar-refractivity contribution in [1.29, 1.82) is 0 Å². The van der Waals surface area contributed by atoms with Crippen molar-refractivity contribution in [3.8, 4) is 5.75 Å². The third kappa shape index (κ3) is 7.42. The van der Waals surface area contributed by atoms with Gasteiger partial charge >= 0.3 is 0 Å². The maximum Gasteiger partial charge on any atom is 0.257 e. The van der Waals surface area contributed by atoms with Crippen molar-refractivity contribution < 1.29 is 19.1 Å². The topological polar surface area (TPSA) is 130 Å². The molecular formula is C35H43N7O4. The first-order valence-corrected chi connectivity index (χ1v) is 15.9. The Balaban J connectivity index is 1.45. The highest BCUT2D eigenvalue weighted by Gasteiger charge is 2.31. The minimum Gasteiger partial charge on any atom is -0.482 e. The Kier molecular flexibility index (Phi) is 10.1. The lowest BCUT2D eigenvalue weighted by molar-refractivity contribution is -0.130. The number of hydrogen-bond donors (Lipinski definition) is 2. The molecule has 1 aromatic carbocycles. The number of piperazine rings is 1. The second-order valence-corrected chi connectivity index (χ2v) is 12.1. The molecule has 3 aromatic rings. The lowest BCUT2D eigenvalue weighted by Gasteiger charge is -2.40. The van der Waals surface area contributed by atoms with E-state index < -0.39 is 6.10 Å². The van der Waals surface area contributed by atoms with E-state index in [1.54, 1.807) is 32.3 Å². The van der Waals surface area contributed by atoms with E-state index in [2.05, 4.69) is 38.1 Å². The Morgan fingerprint density at radius 1 is 1.09 bits per heavy atom. The van der Waals surface area contributed by atoms with Gasteiger partial charge in [0.1, 0.15) is 17.4 Å². The van der Waals surface area contributed by atoms with E-state index in [4.69, 9.17) is 9.72 Å². The number of aryl methyl sites for hydroxylation is 3. The quantitative estimate of drug-likeness (QED) is 0.301. The fourth-order valence-electron chi connectivity index (χ4n) is 5.86. The molecule has 1 aliphatic heterocycles. The van der Waals surface area contributed by atoms with Crippen molar-refractivity contribution in [3.05, 3.63) is 88.6 Å². The highest BCUT2D eigenvalue weighted by atomic mass is 16.5. The zero-order valence-electron chi connectivity index (χ0n) is 27.3. The third-order valence-corrected chi connectivity index (χ3v) is 8.69. The van der Waals surface area contributed by atoms with Gasteiger partial charge < -0.3 is 20.3 Å². The molecule has 2 atom stereocenters. The predicted molar refractivity (Wildman–Crippen MR) is 176 cm³/mol. The van der Waals surface area contributed by atoms with Crippen molar-refractivity contribution in [1.82, 2.24) is 30.1 Å². The molecule has 2 fully saturated rings. The number of carbonyl (C=O) groups is 3. The Hall–Kier alpha value is -4.64. The van der Waals surface area contributed by atoms with E-state index >= 15 is 0 Å². The smallest absolute Gasteiger partial charge is 0.257 e. The van der Waals surface area contributed by atoms with Gasteiger partial charge in [-0.2, -0.15) is 0 Å². The molecule has 11 heteroatoms. The van der Waals surface area contributed by atoms with E-state index in [1.165, 1.54) is 24.5 Å². The van der Waals surface area contributed by atoms with Gasteiger partial charge in [-0.25, -0.2) is 9.97 Å². The van der Waals surface area contributed by atoms with Crippen LogP contribution < -0.4 is 15.4 Å². The van der Waals surface area contributed by atoms with Crippen LogP contribution in [-0.2, 0) is 11.2 Å². The number of anilines is 1. The molecule has 5 rings (SSSR count). The van der Waals surface area contributed by atoms with E-state index in [1.807, 2.05) is 37.9 Å². The molecule has 3 amide bonds. The summed E-state index contributed by atoms with van der Waals surface area (Å²) < 4.78 is 6.68. The molecule has 11 nitrogen and oxygen atoms in total. The largest absolute Gasteiger partial charge is 0.482 e. The normalized spacial score (nSPS) is 17.2. The van der Waals surface area contributed by atoms with Gasteiger partial charge in [-0.1, -0.05) is 19.6 Å². The standard InChI is InChI=1S/C35H43N7O4/c1-7-24-17-37-23(5)39-33(24)40-35(45)27-16-28(34(44)36-6)30(15-21(27)3)46-31(29-12-11-26(18-38-29)25-9-10-25)20-41-13-14-42(22(4)19-41)32(43)8-2/h8,11-12,15-18,22,25,31H,2,7,9-10,13-14,19-20H2,1,3-6H3,(H,36,44)(H,37,39,40,45)/t22-,31-/m1/s1. The first-order valence-electron chi connectivity index (χ1n) is 15.9. The number of carbonyl (C=O) groups excluding carboxylic acids is 3. The Morgan fingerprint density at radius 2 is 1.87 bits per heavy atom. The summed E-state index contributed by atoms with van der Waals surface area (Å²) in [6.07, 6.45) is 7.48. The molecular weight excluding hydrogens is 582 g/mol. The SMILES string of the molecule is C=CC(=O)N1CCN(C[C@@H](Oc2cc(C)c(C(=O)Nc3nc(C)ncc3CC)cc2C(=O)NC)c2ccc(C3CC3)cn2)C[C@H]1C. The van der Waals surface area contributed by atoms with Gasteiger partial charge in [-0.3, -0.25) is 24.3 Å². The molecule has 0 radical (unpaired) electrons. The number of nitrogens with one attached hydrogen (secondary N) is 2. The first-order chi connectivity index (χ1) is 22.1. The second kappa shape index (κ2) is 14.2. The average Bonchev–Trinajstić information content (AvgIpc) is 3.90. The van der Waals surface area contributed by atoms with E-state index in [-0.39, 0.29) is 29.3 Å². The number of pyridine rings is 1. The molecule has 1 saturated heterocycles. The number of ether oxygens (including phenoxy) is 1. The van der Waals surface area contributed by atoms with Gasteiger partial charge in [0.2, 0.25) is 5.91 Å². The minimum absolute atomic E-state index is 0.00142. The van der Waals surface area contributed by atoms with Crippen molar-refractivity contribution >= 4 is 23.5 Å². The maximum absolute atomic E-state index is 13.5. The number of aromatic nitrogens is 3. The number of amides is 3. The Labute approximate surface area is 270 Å². The Bertz CT molecular complexity index is 1620. The van der Waals surface area contributed by atoms with Crippen LogP contribution in [0.5, 0.6) is 5.75 Å². The zero-order chi connectivity index (χ0) is 33.0. The monoisotopic (exact) mass is 625 g/mol. The second-order valence-electron chi connectivity index (χ2n) is 12.1. The number of nitrogens with zero attached hydrogens (tertiary/aromatic N) is 5. The molecule has 2 aromatic heterocycles. The van der Waals surface area contributed by atoms with Crippen molar-refractivity contribution in [2.24, 2.45) is 0 Å².